The number of nitrogens with two attached hydrogens (primary N) is 1. The Morgan fingerprint density at radius 1 is 1.38 bits per heavy atom. The molecule has 1 aliphatic carbocycles. The summed E-state index contributed by atoms with van der Waals surface area (Å²) in [5.41, 5.74) is 5.78. The van der Waals surface area contributed by atoms with Crippen LogP contribution in [0.2, 0.25) is 0 Å². The van der Waals surface area contributed by atoms with E-state index in [1.165, 1.54) is 32.1 Å². The molecule has 0 aromatic heterocycles. The highest BCUT2D eigenvalue weighted by atomic mass is 32.2. The summed E-state index contributed by atoms with van der Waals surface area (Å²) in [7, 11) is 0. The van der Waals surface area contributed by atoms with Crippen molar-refractivity contribution in [3.05, 3.63) is 0 Å². The molecule has 0 aromatic carbocycles. The van der Waals surface area contributed by atoms with E-state index in [9.17, 15) is 0 Å². The molecule has 1 aliphatic rings. The van der Waals surface area contributed by atoms with Crippen LogP contribution in [-0.2, 0) is 0 Å². The van der Waals surface area contributed by atoms with Gasteiger partial charge in [-0.05, 0) is 25.7 Å². The standard InChI is InChI=1S/C11H23NS/c1-3-10-6-4-5-7-11(10)13-8-9(2)12/h9-11H,3-8,12H2,1-2H3. The molecule has 2 heteroatoms. The van der Waals surface area contributed by atoms with Gasteiger partial charge in [-0.25, -0.2) is 0 Å². The van der Waals surface area contributed by atoms with Gasteiger partial charge in [-0.2, -0.15) is 11.8 Å². The van der Waals surface area contributed by atoms with Crippen molar-refractivity contribution in [3.63, 3.8) is 0 Å². The van der Waals surface area contributed by atoms with E-state index in [2.05, 4.69) is 25.6 Å². The van der Waals surface area contributed by atoms with Crippen LogP contribution in [0.4, 0.5) is 0 Å². The number of thioether (sulfide) groups is 1. The maximum Gasteiger partial charge on any atom is 0.0102 e. The first-order valence-corrected chi connectivity index (χ1v) is 6.66. The molecule has 1 nitrogen and oxygen atoms in total. The Morgan fingerprint density at radius 3 is 2.69 bits per heavy atom. The highest BCUT2D eigenvalue weighted by Gasteiger charge is 2.23. The molecule has 1 saturated carbocycles. The average molecular weight is 201 g/mol. The Balaban J connectivity index is 2.27. The zero-order valence-corrected chi connectivity index (χ0v) is 9.78. The van der Waals surface area contributed by atoms with Crippen LogP contribution in [0, 0.1) is 5.92 Å². The molecule has 0 aromatic rings. The number of rotatable bonds is 4. The highest BCUT2D eigenvalue weighted by molar-refractivity contribution is 7.99. The summed E-state index contributed by atoms with van der Waals surface area (Å²) in [5.74, 6) is 2.11. The smallest absolute Gasteiger partial charge is 0.0102 e. The van der Waals surface area contributed by atoms with E-state index in [1.54, 1.807) is 0 Å². The molecule has 0 bridgehead atoms. The van der Waals surface area contributed by atoms with Crippen molar-refractivity contribution in [2.45, 2.75) is 57.2 Å². The van der Waals surface area contributed by atoms with Crippen molar-refractivity contribution in [1.82, 2.24) is 0 Å². The molecule has 2 N–H and O–H groups in total. The Kier molecular flexibility index (Phi) is 5.18. The third kappa shape index (κ3) is 3.90. The first-order chi connectivity index (χ1) is 6.24. The lowest BCUT2D eigenvalue weighted by Crippen LogP contribution is -2.25. The van der Waals surface area contributed by atoms with Crippen LogP contribution in [0.5, 0.6) is 0 Å². The van der Waals surface area contributed by atoms with E-state index >= 15 is 0 Å². The minimum absolute atomic E-state index is 0.365. The second kappa shape index (κ2) is 5.92. The van der Waals surface area contributed by atoms with E-state index in [-0.39, 0.29) is 0 Å². The second-order valence-electron chi connectivity index (χ2n) is 4.30. The molecule has 0 heterocycles. The fourth-order valence-electron chi connectivity index (χ4n) is 2.14. The van der Waals surface area contributed by atoms with E-state index in [4.69, 9.17) is 5.73 Å². The minimum atomic E-state index is 0.365. The third-order valence-electron chi connectivity index (χ3n) is 2.94. The van der Waals surface area contributed by atoms with Crippen LogP contribution in [0.3, 0.4) is 0 Å². The molecule has 0 amide bonds. The summed E-state index contributed by atoms with van der Waals surface area (Å²) >= 11 is 2.11. The molecule has 0 saturated heterocycles. The lowest BCUT2D eigenvalue weighted by atomic mass is 9.87. The molecule has 0 aliphatic heterocycles. The summed E-state index contributed by atoms with van der Waals surface area (Å²) < 4.78 is 0. The van der Waals surface area contributed by atoms with Gasteiger partial charge < -0.3 is 5.73 Å². The van der Waals surface area contributed by atoms with E-state index in [1.807, 2.05) is 0 Å². The molecule has 1 rings (SSSR count). The first kappa shape index (κ1) is 11.4. The molecule has 1 fully saturated rings. The van der Waals surface area contributed by atoms with Gasteiger partial charge in [0.05, 0.1) is 0 Å². The van der Waals surface area contributed by atoms with Crippen LogP contribution in [0.1, 0.15) is 46.0 Å². The number of hydrogen-bond acceptors (Lipinski definition) is 2. The van der Waals surface area contributed by atoms with Crippen LogP contribution in [0.15, 0.2) is 0 Å². The average Bonchev–Trinajstić information content (AvgIpc) is 2.15. The van der Waals surface area contributed by atoms with Crippen molar-refractivity contribution >= 4 is 11.8 Å². The fourth-order valence-corrected chi connectivity index (χ4v) is 3.62. The van der Waals surface area contributed by atoms with Crippen LogP contribution in [-0.4, -0.2) is 17.0 Å². The lowest BCUT2D eigenvalue weighted by molar-refractivity contribution is 0.361. The van der Waals surface area contributed by atoms with Crippen molar-refractivity contribution in [2.24, 2.45) is 11.7 Å². The molecule has 3 atom stereocenters. The molecule has 0 spiro atoms. The van der Waals surface area contributed by atoms with Crippen LogP contribution >= 0.6 is 11.8 Å². The topological polar surface area (TPSA) is 26.0 Å². The van der Waals surface area contributed by atoms with Gasteiger partial charge in [0.15, 0.2) is 0 Å². The monoisotopic (exact) mass is 201 g/mol. The van der Waals surface area contributed by atoms with Gasteiger partial charge >= 0.3 is 0 Å². The number of hydrogen-bond donors (Lipinski definition) is 1. The molecule has 78 valence electrons. The second-order valence-corrected chi connectivity index (χ2v) is 5.57. The zero-order valence-electron chi connectivity index (χ0n) is 8.96. The van der Waals surface area contributed by atoms with Gasteiger partial charge in [0.2, 0.25) is 0 Å². The summed E-state index contributed by atoms with van der Waals surface area (Å²) in [6, 6.07) is 0.365. The minimum Gasteiger partial charge on any atom is -0.327 e. The van der Waals surface area contributed by atoms with E-state index < -0.39 is 0 Å². The summed E-state index contributed by atoms with van der Waals surface area (Å²) in [6.07, 6.45) is 7.13. The fraction of sp³-hybridized carbons (Fsp3) is 1.00. The maximum absolute atomic E-state index is 5.78. The summed E-state index contributed by atoms with van der Waals surface area (Å²) in [5, 5.41) is 0.907. The largest absolute Gasteiger partial charge is 0.327 e. The van der Waals surface area contributed by atoms with Gasteiger partial charge in [-0.3, -0.25) is 0 Å². The Bertz CT molecular complexity index is 136. The quantitative estimate of drug-likeness (QED) is 0.756. The molecular formula is C11H23NS. The van der Waals surface area contributed by atoms with Gasteiger partial charge in [-0.1, -0.05) is 26.2 Å². The van der Waals surface area contributed by atoms with Crippen LogP contribution < -0.4 is 5.73 Å². The predicted octanol–water partition coefficient (Wildman–Crippen LogP) is 3.04. The van der Waals surface area contributed by atoms with Crippen molar-refractivity contribution < 1.29 is 0 Å². The van der Waals surface area contributed by atoms with Crippen molar-refractivity contribution in [2.75, 3.05) is 5.75 Å². The van der Waals surface area contributed by atoms with Crippen LogP contribution in [0.25, 0.3) is 0 Å². The highest BCUT2D eigenvalue weighted by Crippen LogP contribution is 2.35. The van der Waals surface area contributed by atoms with Crippen molar-refractivity contribution in [3.8, 4) is 0 Å². The molecule has 0 radical (unpaired) electrons. The van der Waals surface area contributed by atoms with Crippen molar-refractivity contribution in [1.29, 1.82) is 0 Å². The summed E-state index contributed by atoms with van der Waals surface area (Å²) in [4.78, 5) is 0. The van der Waals surface area contributed by atoms with Gasteiger partial charge in [0, 0.05) is 17.0 Å². The SMILES string of the molecule is CCC1CCCCC1SCC(C)N. The Morgan fingerprint density at radius 2 is 2.08 bits per heavy atom. The zero-order chi connectivity index (χ0) is 9.68. The predicted molar refractivity (Wildman–Crippen MR) is 62.1 cm³/mol. The van der Waals surface area contributed by atoms with E-state index in [0.29, 0.717) is 6.04 Å². The maximum atomic E-state index is 5.78. The Hall–Kier alpha value is 0.310. The molecule has 3 unspecified atom stereocenters. The van der Waals surface area contributed by atoms with E-state index in [0.717, 1.165) is 16.9 Å². The van der Waals surface area contributed by atoms with Gasteiger partial charge in [0.25, 0.3) is 0 Å². The van der Waals surface area contributed by atoms with Gasteiger partial charge in [0.1, 0.15) is 0 Å². The summed E-state index contributed by atoms with van der Waals surface area (Å²) in [6.45, 7) is 4.44. The lowest BCUT2D eigenvalue weighted by Gasteiger charge is -2.30. The third-order valence-corrected chi connectivity index (χ3v) is 4.70. The first-order valence-electron chi connectivity index (χ1n) is 5.61. The molecular weight excluding hydrogens is 178 g/mol. The Labute approximate surface area is 86.8 Å². The van der Waals surface area contributed by atoms with Gasteiger partial charge in [-0.15, -0.1) is 0 Å². The normalized spacial score (nSPS) is 31.6. The molecule has 13 heavy (non-hydrogen) atoms.